The quantitative estimate of drug-likeness (QED) is 0.524. The molecule has 0 atom stereocenters. The number of carbonyl (C=O) groups excluding carboxylic acids is 1. The van der Waals surface area contributed by atoms with Gasteiger partial charge in [0.15, 0.2) is 11.4 Å². The second kappa shape index (κ2) is 7.71. The van der Waals surface area contributed by atoms with E-state index in [0.29, 0.717) is 16.9 Å². The van der Waals surface area contributed by atoms with E-state index in [1.807, 2.05) is 18.2 Å². The van der Waals surface area contributed by atoms with Crippen LogP contribution in [0.1, 0.15) is 16.2 Å². The summed E-state index contributed by atoms with van der Waals surface area (Å²) < 4.78 is 5.73. The second-order valence-corrected chi connectivity index (χ2v) is 5.61. The third-order valence-corrected chi connectivity index (χ3v) is 3.77. The molecule has 0 fully saturated rings. The minimum Gasteiger partial charge on any atom is -0.505 e. The van der Waals surface area contributed by atoms with Gasteiger partial charge in [0, 0.05) is 10.8 Å². The largest absolute Gasteiger partial charge is 0.505 e. The molecular formula is C19H16N2O6. The predicted molar refractivity (Wildman–Crippen MR) is 95.8 cm³/mol. The number of fused-ring (bicyclic) bond motifs is 1. The summed E-state index contributed by atoms with van der Waals surface area (Å²) in [6.45, 7) is -1.10. The first-order valence-corrected chi connectivity index (χ1v) is 7.99. The number of nitrogens with one attached hydrogen (secondary N) is 1. The van der Waals surface area contributed by atoms with Crippen LogP contribution >= 0.6 is 0 Å². The normalized spacial score (nSPS) is 10.6. The van der Waals surface area contributed by atoms with E-state index in [2.05, 4.69) is 10.3 Å². The van der Waals surface area contributed by atoms with Crippen molar-refractivity contribution in [3.63, 3.8) is 0 Å². The van der Waals surface area contributed by atoms with Crippen molar-refractivity contribution >= 4 is 22.6 Å². The summed E-state index contributed by atoms with van der Waals surface area (Å²) in [7, 11) is 0. The molecule has 0 radical (unpaired) electrons. The molecule has 1 amide bonds. The van der Waals surface area contributed by atoms with E-state index < -0.39 is 30.8 Å². The van der Waals surface area contributed by atoms with Crippen LogP contribution in [0.3, 0.4) is 0 Å². The van der Waals surface area contributed by atoms with Crippen molar-refractivity contribution in [2.45, 2.75) is 6.61 Å². The van der Waals surface area contributed by atoms with E-state index in [0.717, 1.165) is 0 Å². The molecule has 138 valence electrons. The molecule has 0 aliphatic heterocycles. The van der Waals surface area contributed by atoms with Crippen molar-refractivity contribution in [3.8, 4) is 17.2 Å². The number of aliphatic hydroxyl groups is 1. The maximum absolute atomic E-state index is 12.1. The number of pyridine rings is 1. The minimum atomic E-state index is -1.23. The predicted octanol–water partition coefficient (Wildman–Crippen LogP) is 2.04. The Balaban J connectivity index is 2.01. The van der Waals surface area contributed by atoms with Gasteiger partial charge in [0.1, 0.15) is 18.0 Å². The van der Waals surface area contributed by atoms with Crippen molar-refractivity contribution < 1.29 is 29.6 Å². The van der Waals surface area contributed by atoms with Gasteiger partial charge < -0.3 is 25.4 Å². The summed E-state index contributed by atoms with van der Waals surface area (Å²) in [4.78, 5) is 26.7. The number of ether oxygens (including phenoxy) is 1. The van der Waals surface area contributed by atoms with Gasteiger partial charge in [-0.05, 0) is 30.3 Å². The van der Waals surface area contributed by atoms with Crippen molar-refractivity contribution in [1.29, 1.82) is 0 Å². The number of benzene rings is 2. The summed E-state index contributed by atoms with van der Waals surface area (Å²) >= 11 is 0. The third-order valence-electron chi connectivity index (χ3n) is 3.77. The lowest BCUT2D eigenvalue weighted by molar-refractivity contribution is -0.135. The van der Waals surface area contributed by atoms with Crippen LogP contribution in [0.15, 0.2) is 48.5 Å². The smallest absolute Gasteiger partial charge is 0.322 e. The van der Waals surface area contributed by atoms with Crippen molar-refractivity contribution in [3.05, 3.63) is 59.9 Å². The number of aliphatic carboxylic acids is 1. The van der Waals surface area contributed by atoms with Crippen LogP contribution in [-0.2, 0) is 11.4 Å². The van der Waals surface area contributed by atoms with Crippen molar-refractivity contribution in [1.82, 2.24) is 10.3 Å². The number of nitrogens with zero attached hydrogens (tertiary/aromatic N) is 1. The molecule has 0 spiro atoms. The fraction of sp³-hybridized carbons (Fsp3) is 0.105. The van der Waals surface area contributed by atoms with E-state index in [-0.39, 0.29) is 16.8 Å². The fourth-order valence-corrected chi connectivity index (χ4v) is 2.55. The van der Waals surface area contributed by atoms with Crippen LogP contribution < -0.4 is 10.1 Å². The number of para-hydroxylation sites is 1. The Labute approximate surface area is 153 Å². The lowest BCUT2D eigenvalue weighted by Crippen LogP contribution is -2.30. The Morgan fingerprint density at radius 1 is 1.04 bits per heavy atom. The zero-order valence-electron chi connectivity index (χ0n) is 14.0. The molecule has 27 heavy (non-hydrogen) atoms. The van der Waals surface area contributed by atoms with E-state index in [1.165, 1.54) is 6.07 Å². The van der Waals surface area contributed by atoms with Gasteiger partial charge in [0.2, 0.25) is 0 Å². The first-order chi connectivity index (χ1) is 13.0. The van der Waals surface area contributed by atoms with E-state index in [9.17, 15) is 19.8 Å². The molecule has 0 aliphatic rings. The SMILES string of the molecule is O=C(O)CNC(=O)c1nc(CO)c2cc(Oc3ccccc3)ccc2c1O. The number of carbonyl (C=O) groups is 2. The van der Waals surface area contributed by atoms with Crippen LogP contribution in [0.2, 0.25) is 0 Å². The van der Waals surface area contributed by atoms with Gasteiger partial charge in [0.05, 0.1) is 12.3 Å². The van der Waals surface area contributed by atoms with Crippen molar-refractivity contribution in [2.75, 3.05) is 6.54 Å². The van der Waals surface area contributed by atoms with Gasteiger partial charge in [-0.25, -0.2) is 4.98 Å². The van der Waals surface area contributed by atoms with Crippen molar-refractivity contribution in [2.24, 2.45) is 0 Å². The Bertz CT molecular complexity index is 1000. The van der Waals surface area contributed by atoms with Crippen LogP contribution in [0.4, 0.5) is 0 Å². The topological polar surface area (TPSA) is 129 Å². The number of hydrogen-bond acceptors (Lipinski definition) is 6. The van der Waals surface area contributed by atoms with Gasteiger partial charge in [0.25, 0.3) is 5.91 Å². The summed E-state index contributed by atoms with van der Waals surface area (Å²) in [5.74, 6) is -1.40. The van der Waals surface area contributed by atoms with E-state index in [4.69, 9.17) is 9.84 Å². The Hall–Kier alpha value is -3.65. The van der Waals surface area contributed by atoms with E-state index >= 15 is 0 Å². The third kappa shape index (κ3) is 3.96. The van der Waals surface area contributed by atoms with Gasteiger partial charge in [-0.1, -0.05) is 18.2 Å². The molecule has 1 aromatic heterocycles. The molecule has 8 heteroatoms. The summed E-state index contributed by atoms with van der Waals surface area (Å²) in [5, 5.41) is 31.5. The summed E-state index contributed by atoms with van der Waals surface area (Å²) in [6.07, 6.45) is 0. The molecule has 2 aromatic carbocycles. The highest BCUT2D eigenvalue weighted by molar-refractivity contribution is 6.03. The number of carboxylic acid groups (broad SMARTS) is 1. The number of aromatic hydroxyl groups is 1. The highest BCUT2D eigenvalue weighted by Gasteiger charge is 2.20. The Morgan fingerprint density at radius 2 is 1.78 bits per heavy atom. The number of carboxylic acids is 1. The molecule has 1 heterocycles. The fourth-order valence-electron chi connectivity index (χ4n) is 2.55. The molecule has 0 saturated heterocycles. The number of rotatable bonds is 6. The molecule has 0 saturated carbocycles. The van der Waals surface area contributed by atoms with Crippen LogP contribution in [-0.4, -0.2) is 38.7 Å². The first kappa shape index (κ1) is 18.2. The van der Waals surface area contributed by atoms with Gasteiger partial charge >= 0.3 is 5.97 Å². The minimum absolute atomic E-state index is 0.154. The lowest BCUT2D eigenvalue weighted by Gasteiger charge is -2.12. The van der Waals surface area contributed by atoms with E-state index in [1.54, 1.807) is 24.3 Å². The monoisotopic (exact) mass is 368 g/mol. The van der Waals surface area contributed by atoms with Gasteiger partial charge in [-0.15, -0.1) is 0 Å². The molecule has 0 bridgehead atoms. The molecule has 3 aromatic rings. The summed E-state index contributed by atoms with van der Waals surface area (Å²) in [5.41, 5.74) is -0.202. The first-order valence-electron chi connectivity index (χ1n) is 7.99. The highest BCUT2D eigenvalue weighted by atomic mass is 16.5. The second-order valence-electron chi connectivity index (χ2n) is 5.61. The standard InChI is InChI=1S/C19H16N2O6/c22-10-15-14-8-12(27-11-4-2-1-3-5-11)6-7-13(14)18(25)17(21-15)19(26)20-9-16(23)24/h1-8,22,25H,9-10H2,(H,20,26)(H,23,24). The maximum atomic E-state index is 12.1. The number of amides is 1. The van der Waals surface area contributed by atoms with Crippen LogP contribution in [0.5, 0.6) is 17.2 Å². The molecule has 0 unspecified atom stereocenters. The molecule has 8 nitrogen and oxygen atoms in total. The molecule has 0 aliphatic carbocycles. The molecular weight excluding hydrogens is 352 g/mol. The molecule has 4 N–H and O–H groups in total. The average Bonchev–Trinajstić information content (AvgIpc) is 2.67. The van der Waals surface area contributed by atoms with Gasteiger partial charge in [-0.3, -0.25) is 9.59 Å². The van der Waals surface area contributed by atoms with Crippen LogP contribution in [0.25, 0.3) is 10.8 Å². The van der Waals surface area contributed by atoms with Gasteiger partial charge in [-0.2, -0.15) is 0 Å². The van der Waals surface area contributed by atoms with Crippen LogP contribution in [0, 0.1) is 0 Å². The average molecular weight is 368 g/mol. The molecule has 3 rings (SSSR count). The Kier molecular flexibility index (Phi) is 5.18. The zero-order valence-corrected chi connectivity index (χ0v) is 14.0. The maximum Gasteiger partial charge on any atom is 0.322 e. The number of aliphatic hydroxyl groups excluding tert-OH is 1. The number of aromatic nitrogens is 1. The highest BCUT2D eigenvalue weighted by Crippen LogP contribution is 2.33. The number of hydrogen-bond donors (Lipinski definition) is 4. The summed E-state index contributed by atoms with van der Waals surface area (Å²) in [6, 6.07) is 13.8. The lowest BCUT2D eigenvalue weighted by atomic mass is 10.1. The zero-order chi connectivity index (χ0) is 19.4. The Morgan fingerprint density at radius 3 is 2.44 bits per heavy atom.